The molecule has 0 radical (unpaired) electrons. The smallest absolute Gasteiger partial charge is 0.340 e. The third-order valence-electron chi connectivity index (χ3n) is 3.96. The van der Waals surface area contributed by atoms with Gasteiger partial charge in [0.25, 0.3) is 0 Å². The molecule has 142 valence electrons. The van der Waals surface area contributed by atoms with Gasteiger partial charge in [-0.15, -0.1) is 16.4 Å². The summed E-state index contributed by atoms with van der Waals surface area (Å²) in [4.78, 5) is 33.3. The largest absolute Gasteiger partial charge is 0.462 e. The number of thioether (sulfide) groups is 1. The van der Waals surface area contributed by atoms with Gasteiger partial charge in [0.1, 0.15) is 5.82 Å². The van der Waals surface area contributed by atoms with Crippen molar-refractivity contribution < 1.29 is 14.3 Å². The fraction of sp³-hybridized carbons (Fsp3) is 0.333. The van der Waals surface area contributed by atoms with E-state index < -0.39 is 5.97 Å². The second kappa shape index (κ2) is 8.53. The number of thiophene rings is 1. The summed E-state index contributed by atoms with van der Waals surface area (Å²) in [6.07, 6.45) is 0.691. The monoisotopic (exact) mass is 404 g/mol. The number of nitrogens with one attached hydrogen (secondary N) is 2. The maximum atomic E-state index is 12.6. The second-order valence-electron chi connectivity index (χ2n) is 5.88. The maximum absolute atomic E-state index is 12.6. The minimum Gasteiger partial charge on any atom is -0.462 e. The summed E-state index contributed by atoms with van der Waals surface area (Å²) in [6.45, 7) is 5.55. The maximum Gasteiger partial charge on any atom is 0.340 e. The molecular formula is C18H20N4O3S2. The van der Waals surface area contributed by atoms with Crippen LogP contribution in [0.15, 0.2) is 22.7 Å². The number of carbonyl (C=O) groups is 2. The van der Waals surface area contributed by atoms with E-state index in [1.807, 2.05) is 17.5 Å². The molecule has 0 unspecified atom stereocenters. The van der Waals surface area contributed by atoms with Gasteiger partial charge in [-0.25, -0.2) is 9.78 Å². The molecule has 0 fully saturated rings. The number of Topliss-reactive ketones (excluding diaryl/α,β-unsaturated/α-hetero) is 1. The number of carbonyl (C=O) groups excluding carboxylic acids is 2. The van der Waals surface area contributed by atoms with E-state index >= 15 is 0 Å². The fourth-order valence-electron chi connectivity index (χ4n) is 2.74. The molecule has 0 spiro atoms. The van der Waals surface area contributed by atoms with Gasteiger partial charge in [0.2, 0.25) is 5.16 Å². The number of aromatic amines is 2. The van der Waals surface area contributed by atoms with Gasteiger partial charge in [0, 0.05) is 17.0 Å². The number of rotatable bonds is 8. The molecule has 0 aliphatic heterocycles. The Labute approximate surface area is 164 Å². The van der Waals surface area contributed by atoms with E-state index in [9.17, 15) is 9.59 Å². The first kappa shape index (κ1) is 19.4. The van der Waals surface area contributed by atoms with Crippen LogP contribution in [0.5, 0.6) is 0 Å². The van der Waals surface area contributed by atoms with Crippen molar-refractivity contribution in [2.45, 2.75) is 32.3 Å². The minimum atomic E-state index is -0.414. The van der Waals surface area contributed by atoms with Crippen LogP contribution in [0.25, 0.3) is 0 Å². The highest BCUT2D eigenvalue weighted by atomic mass is 32.2. The number of nitrogens with zero attached hydrogens (tertiary/aromatic N) is 2. The van der Waals surface area contributed by atoms with Crippen molar-refractivity contribution in [3.8, 4) is 0 Å². The topological polar surface area (TPSA) is 101 Å². The zero-order valence-corrected chi connectivity index (χ0v) is 16.9. The summed E-state index contributed by atoms with van der Waals surface area (Å²) in [5.74, 6) is 0.423. The Morgan fingerprint density at radius 2 is 2.15 bits per heavy atom. The number of esters is 1. The predicted molar refractivity (Wildman–Crippen MR) is 105 cm³/mol. The van der Waals surface area contributed by atoms with Crippen molar-refractivity contribution in [1.29, 1.82) is 0 Å². The average molecular weight is 405 g/mol. The van der Waals surface area contributed by atoms with E-state index in [4.69, 9.17) is 4.74 Å². The number of aromatic nitrogens is 4. The zero-order valence-electron chi connectivity index (χ0n) is 15.3. The Morgan fingerprint density at radius 1 is 1.33 bits per heavy atom. The van der Waals surface area contributed by atoms with Crippen molar-refractivity contribution in [2.24, 2.45) is 0 Å². The lowest BCUT2D eigenvalue weighted by atomic mass is 10.1. The standard InChI is InChI=1S/C18H20N4O3S2/c1-4-25-17(24)15-10(2)16(19-11(15)3)13(23)9-27-18-20-14(21-22-18)8-12-6-5-7-26-12/h5-7,19H,4,8-9H2,1-3H3,(H,20,21,22). The van der Waals surface area contributed by atoms with Crippen LogP contribution >= 0.6 is 23.1 Å². The third kappa shape index (κ3) is 4.48. The van der Waals surface area contributed by atoms with Gasteiger partial charge in [0.15, 0.2) is 5.78 Å². The van der Waals surface area contributed by atoms with E-state index in [2.05, 4.69) is 20.2 Å². The number of H-pyrrole nitrogens is 2. The first-order chi connectivity index (χ1) is 13.0. The van der Waals surface area contributed by atoms with Crippen LogP contribution in [0.2, 0.25) is 0 Å². The number of aryl methyl sites for hydroxylation is 1. The van der Waals surface area contributed by atoms with Crippen LogP contribution in [0.3, 0.4) is 0 Å². The van der Waals surface area contributed by atoms with E-state index in [0.717, 1.165) is 5.82 Å². The lowest BCUT2D eigenvalue weighted by Gasteiger charge is -2.02. The van der Waals surface area contributed by atoms with Crippen molar-refractivity contribution in [2.75, 3.05) is 12.4 Å². The SMILES string of the molecule is CCOC(=O)c1c(C)[nH]c(C(=O)CSc2n[nH]c(Cc3cccs3)n2)c1C. The summed E-state index contributed by atoms with van der Waals surface area (Å²) in [7, 11) is 0. The molecule has 0 saturated carbocycles. The van der Waals surface area contributed by atoms with Gasteiger partial charge in [-0.1, -0.05) is 17.8 Å². The third-order valence-corrected chi connectivity index (χ3v) is 5.68. The molecule has 0 amide bonds. The molecule has 0 saturated heterocycles. The first-order valence-corrected chi connectivity index (χ1v) is 10.3. The van der Waals surface area contributed by atoms with Crippen molar-refractivity contribution in [3.05, 3.63) is 50.7 Å². The van der Waals surface area contributed by atoms with Crippen molar-refractivity contribution in [1.82, 2.24) is 20.2 Å². The molecule has 7 nitrogen and oxygen atoms in total. The Kier molecular flexibility index (Phi) is 6.12. The normalized spacial score (nSPS) is 10.9. The van der Waals surface area contributed by atoms with E-state index in [-0.39, 0.29) is 11.5 Å². The van der Waals surface area contributed by atoms with Crippen molar-refractivity contribution in [3.63, 3.8) is 0 Å². The molecule has 3 rings (SSSR count). The summed E-state index contributed by atoms with van der Waals surface area (Å²) in [5, 5.41) is 9.61. The highest BCUT2D eigenvalue weighted by Gasteiger charge is 2.23. The molecule has 0 aromatic carbocycles. The Bertz CT molecular complexity index is 944. The minimum absolute atomic E-state index is 0.110. The number of hydrogen-bond acceptors (Lipinski definition) is 7. The molecule has 27 heavy (non-hydrogen) atoms. The van der Waals surface area contributed by atoms with Crippen LogP contribution in [0.1, 0.15) is 49.7 Å². The van der Waals surface area contributed by atoms with Gasteiger partial charge in [-0.05, 0) is 37.8 Å². The molecule has 0 aliphatic rings. The number of ketones is 1. The summed E-state index contributed by atoms with van der Waals surface area (Å²) in [5.41, 5.74) is 2.11. The Hall–Kier alpha value is -2.39. The molecular weight excluding hydrogens is 384 g/mol. The Balaban J connectivity index is 1.64. The van der Waals surface area contributed by atoms with Gasteiger partial charge in [0.05, 0.1) is 23.6 Å². The molecule has 0 aliphatic carbocycles. The van der Waals surface area contributed by atoms with Crippen LogP contribution in [-0.2, 0) is 11.2 Å². The van der Waals surface area contributed by atoms with Crippen LogP contribution < -0.4 is 0 Å². The molecule has 3 aromatic rings. The molecule has 0 bridgehead atoms. The van der Waals surface area contributed by atoms with Gasteiger partial charge >= 0.3 is 5.97 Å². The highest BCUT2D eigenvalue weighted by Crippen LogP contribution is 2.22. The summed E-state index contributed by atoms with van der Waals surface area (Å²) >= 11 is 2.93. The molecule has 2 N–H and O–H groups in total. The second-order valence-corrected chi connectivity index (χ2v) is 7.85. The van der Waals surface area contributed by atoms with Crippen LogP contribution in [0, 0.1) is 13.8 Å². The van der Waals surface area contributed by atoms with E-state index in [0.29, 0.717) is 40.7 Å². The average Bonchev–Trinajstić information content (AvgIpc) is 3.35. The fourth-order valence-corrected chi connectivity index (χ4v) is 4.14. The van der Waals surface area contributed by atoms with Gasteiger partial charge < -0.3 is 9.72 Å². The molecule has 9 heteroatoms. The summed E-state index contributed by atoms with van der Waals surface area (Å²) in [6, 6.07) is 4.04. The highest BCUT2D eigenvalue weighted by molar-refractivity contribution is 7.99. The quantitative estimate of drug-likeness (QED) is 0.338. The van der Waals surface area contributed by atoms with Crippen LogP contribution in [-0.4, -0.2) is 44.3 Å². The predicted octanol–water partition coefficient (Wildman–Crippen LogP) is 3.55. The van der Waals surface area contributed by atoms with E-state index in [1.165, 1.54) is 16.6 Å². The molecule has 3 aromatic heterocycles. The van der Waals surface area contributed by atoms with E-state index in [1.54, 1.807) is 32.1 Å². The van der Waals surface area contributed by atoms with Crippen molar-refractivity contribution >= 4 is 34.9 Å². The summed E-state index contributed by atoms with van der Waals surface area (Å²) < 4.78 is 5.06. The number of hydrogen-bond donors (Lipinski definition) is 2. The van der Waals surface area contributed by atoms with Gasteiger partial charge in [-0.3, -0.25) is 9.89 Å². The zero-order chi connectivity index (χ0) is 19.4. The van der Waals surface area contributed by atoms with Crippen LogP contribution in [0.4, 0.5) is 0 Å². The lowest BCUT2D eigenvalue weighted by Crippen LogP contribution is -2.08. The number of ether oxygens (including phenoxy) is 1. The lowest BCUT2D eigenvalue weighted by molar-refractivity contribution is 0.0525. The molecule has 0 atom stereocenters. The first-order valence-electron chi connectivity index (χ1n) is 8.45. The molecule has 3 heterocycles. The Morgan fingerprint density at radius 3 is 2.85 bits per heavy atom. The van der Waals surface area contributed by atoms with Gasteiger partial charge in [-0.2, -0.15) is 0 Å².